The van der Waals surface area contributed by atoms with Gasteiger partial charge < -0.3 is 19.8 Å². The van der Waals surface area contributed by atoms with Crippen molar-refractivity contribution in [2.24, 2.45) is 0 Å². The number of aromatic amines is 1. The van der Waals surface area contributed by atoms with E-state index in [4.69, 9.17) is 9.47 Å². The number of carbonyl (C=O) groups excluding carboxylic acids is 1. The fourth-order valence-electron chi connectivity index (χ4n) is 3.20. The first-order valence-electron chi connectivity index (χ1n) is 9.71. The van der Waals surface area contributed by atoms with Crippen LogP contribution in [0.1, 0.15) is 5.56 Å². The summed E-state index contributed by atoms with van der Waals surface area (Å²) in [6, 6.07) is 19.8. The number of anilines is 1. The lowest BCUT2D eigenvalue weighted by molar-refractivity contribution is -0.118. The predicted molar refractivity (Wildman–Crippen MR) is 120 cm³/mol. The maximum Gasteiger partial charge on any atom is 0.262 e. The number of carbonyl (C=O) groups is 1. The molecule has 0 saturated carbocycles. The number of hydrogen-bond acceptors (Lipinski definition) is 5. The maximum atomic E-state index is 12.4. The highest BCUT2D eigenvalue weighted by Crippen LogP contribution is 2.31. The summed E-state index contributed by atoms with van der Waals surface area (Å²) in [5.74, 6) is 0.950. The normalized spacial score (nSPS) is 10.6. The van der Waals surface area contributed by atoms with Crippen molar-refractivity contribution in [1.82, 2.24) is 9.97 Å². The lowest BCUT2D eigenvalue weighted by Gasteiger charge is -2.13. The fraction of sp³-hybridized carbons (Fsp3) is 0.125. The van der Waals surface area contributed by atoms with Gasteiger partial charge in [-0.05, 0) is 48.9 Å². The molecular formula is C24H21N3O4. The second-order valence-electron chi connectivity index (χ2n) is 6.95. The molecule has 0 saturated heterocycles. The Balaban J connectivity index is 1.57. The standard InChI is InChI=1S/C24H21N3O4/c1-15-7-3-5-9-18(15)25-22(28)14-31-21-13-16(11-12-20(21)30-2)23-26-19-10-6-4-8-17(19)24(29)27-23/h3-13H,14H2,1-2H3,(H,25,28)(H,26,27,29). The van der Waals surface area contributed by atoms with E-state index in [1.54, 1.807) is 36.4 Å². The number of nitrogens with one attached hydrogen (secondary N) is 2. The predicted octanol–water partition coefficient (Wildman–Crippen LogP) is 3.92. The zero-order valence-electron chi connectivity index (χ0n) is 17.1. The number of H-pyrrole nitrogens is 1. The number of nitrogens with zero attached hydrogens (tertiary/aromatic N) is 1. The number of rotatable bonds is 6. The molecule has 4 rings (SSSR count). The van der Waals surface area contributed by atoms with E-state index in [0.29, 0.717) is 33.8 Å². The van der Waals surface area contributed by atoms with Crippen LogP contribution < -0.4 is 20.3 Å². The highest BCUT2D eigenvalue weighted by molar-refractivity contribution is 5.92. The van der Waals surface area contributed by atoms with E-state index in [1.165, 1.54) is 7.11 Å². The second kappa shape index (κ2) is 8.71. The third kappa shape index (κ3) is 4.40. The van der Waals surface area contributed by atoms with Gasteiger partial charge >= 0.3 is 0 Å². The Labute approximate surface area is 178 Å². The van der Waals surface area contributed by atoms with Gasteiger partial charge in [0.15, 0.2) is 18.1 Å². The number of hydrogen-bond donors (Lipinski definition) is 2. The van der Waals surface area contributed by atoms with Crippen LogP contribution in [0.3, 0.4) is 0 Å². The molecule has 1 heterocycles. The molecule has 7 heteroatoms. The summed E-state index contributed by atoms with van der Waals surface area (Å²) in [6.07, 6.45) is 0. The molecule has 0 aliphatic heterocycles. The number of fused-ring (bicyclic) bond motifs is 1. The molecule has 3 aromatic carbocycles. The van der Waals surface area contributed by atoms with Gasteiger partial charge in [-0.2, -0.15) is 0 Å². The quantitative estimate of drug-likeness (QED) is 0.498. The lowest BCUT2D eigenvalue weighted by Crippen LogP contribution is -2.20. The topological polar surface area (TPSA) is 93.3 Å². The van der Waals surface area contributed by atoms with E-state index >= 15 is 0 Å². The Morgan fingerprint density at radius 3 is 2.61 bits per heavy atom. The summed E-state index contributed by atoms with van der Waals surface area (Å²) < 4.78 is 11.1. The molecule has 0 radical (unpaired) electrons. The Morgan fingerprint density at radius 2 is 1.81 bits per heavy atom. The minimum absolute atomic E-state index is 0.199. The summed E-state index contributed by atoms with van der Waals surface area (Å²) in [5, 5.41) is 3.34. The summed E-state index contributed by atoms with van der Waals surface area (Å²) in [6.45, 7) is 1.72. The monoisotopic (exact) mass is 415 g/mol. The van der Waals surface area contributed by atoms with Crippen molar-refractivity contribution in [2.45, 2.75) is 6.92 Å². The summed E-state index contributed by atoms with van der Waals surface area (Å²) in [5.41, 5.74) is 2.70. The number of para-hydroxylation sites is 2. The third-order valence-corrected chi connectivity index (χ3v) is 4.83. The molecule has 156 valence electrons. The van der Waals surface area contributed by atoms with Crippen LogP contribution in [0.25, 0.3) is 22.3 Å². The maximum absolute atomic E-state index is 12.4. The summed E-state index contributed by atoms with van der Waals surface area (Å²) in [4.78, 5) is 32.1. The average molecular weight is 415 g/mol. The van der Waals surface area contributed by atoms with E-state index in [1.807, 2.05) is 37.3 Å². The number of aromatic nitrogens is 2. The van der Waals surface area contributed by atoms with E-state index < -0.39 is 0 Å². The molecule has 0 bridgehead atoms. The van der Waals surface area contributed by atoms with Crippen LogP contribution in [-0.2, 0) is 4.79 Å². The van der Waals surface area contributed by atoms with Crippen molar-refractivity contribution >= 4 is 22.5 Å². The van der Waals surface area contributed by atoms with Gasteiger partial charge in [0, 0.05) is 11.3 Å². The number of benzene rings is 3. The molecule has 0 spiro atoms. The van der Waals surface area contributed by atoms with Crippen LogP contribution in [0.5, 0.6) is 11.5 Å². The third-order valence-electron chi connectivity index (χ3n) is 4.83. The van der Waals surface area contributed by atoms with Gasteiger partial charge in [0.2, 0.25) is 0 Å². The first kappa shape index (κ1) is 20.2. The zero-order valence-corrected chi connectivity index (χ0v) is 17.1. The Bertz CT molecular complexity index is 1310. The van der Waals surface area contributed by atoms with Gasteiger partial charge in [0.05, 0.1) is 18.0 Å². The van der Waals surface area contributed by atoms with Crippen molar-refractivity contribution < 1.29 is 14.3 Å². The Hall–Kier alpha value is -4.13. The number of ether oxygens (including phenoxy) is 2. The average Bonchev–Trinajstić information content (AvgIpc) is 2.79. The number of amides is 1. The second-order valence-corrected chi connectivity index (χ2v) is 6.95. The van der Waals surface area contributed by atoms with Crippen molar-refractivity contribution in [3.8, 4) is 22.9 Å². The molecule has 0 unspecified atom stereocenters. The van der Waals surface area contributed by atoms with Crippen LogP contribution in [-0.4, -0.2) is 29.6 Å². The van der Waals surface area contributed by atoms with Gasteiger partial charge in [0.1, 0.15) is 5.82 Å². The lowest BCUT2D eigenvalue weighted by atomic mass is 10.1. The minimum atomic E-state index is -0.293. The van der Waals surface area contributed by atoms with Crippen LogP contribution in [0.2, 0.25) is 0 Å². The van der Waals surface area contributed by atoms with Crippen LogP contribution in [0.4, 0.5) is 5.69 Å². The van der Waals surface area contributed by atoms with E-state index in [9.17, 15) is 9.59 Å². The molecule has 1 aromatic heterocycles. The molecule has 2 N–H and O–H groups in total. The molecule has 1 amide bonds. The highest BCUT2D eigenvalue weighted by Gasteiger charge is 2.13. The van der Waals surface area contributed by atoms with E-state index in [2.05, 4.69) is 15.3 Å². The molecule has 0 fully saturated rings. The minimum Gasteiger partial charge on any atom is -0.493 e. The smallest absolute Gasteiger partial charge is 0.262 e. The first-order valence-corrected chi connectivity index (χ1v) is 9.71. The molecule has 0 aliphatic carbocycles. The van der Waals surface area contributed by atoms with Gasteiger partial charge in [-0.1, -0.05) is 30.3 Å². The number of aryl methyl sites for hydroxylation is 1. The van der Waals surface area contributed by atoms with Crippen LogP contribution >= 0.6 is 0 Å². The molecular weight excluding hydrogens is 394 g/mol. The number of methoxy groups -OCH3 is 1. The van der Waals surface area contributed by atoms with Gasteiger partial charge in [-0.15, -0.1) is 0 Å². The van der Waals surface area contributed by atoms with Gasteiger partial charge in [0.25, 0.3) is 11.5 Å². The molecule has 7 nitrogen and oxygen atoms in total. The first-order chi connectivity index (χ1) is 15.0. The molecule has 0 aliphatic rings. The molecule has 0 atom stereocenters. The SMILES string of the molecule is COc1ccc(-c2nc3ccccc3c(=O)[nH]2)cc1OCC(=O)Nc1ccccc1C. The Kier molecular flexibility index (Phi) is 5.66. The Morgan fingerprint density at radius 1 is 1.03 bits per heavy atom. The fourth-order valence-corrected chi connectivity index (χ4v) is 3.20. The van der Waals surface area contributed by atoms with Crippen molar-refractivity contribution in [3.05, 3.63) is 82.6 Å². The van der Waals surface area contributed by atoms with E-state index in [0.717, 1.165) is 11.3 Å². The van der Waals surface area contributed by atoms with Gasteiger partial charge in [-0.25, -0.2) is 4.98 Å². The summed E-state index contributed by atoms with van der Waals surface area (Å²) in [7, 11) is 1.52. The van der Waals surface area contributed by atoms with Crippen molar-refractivity contribution in [1.29, 1.82) is 0 Å². The molecule has 4 aromatic rings. The van der Waals surface area contributed by atoms with E-state index in [-0.39, 0.29) is 18.1 Å². The largest absolute Gasteiger partial charge is 0.493 e. The summed E-state index contributed by atoms with van der Waals surface area (Å²) >= 11 is 0. The van der Waals surface area contributed by atoms with Gasteiger partial charge in [-0.3, -0.25) is 9.59 Å². The highest BCUT2D eigenvalue weighted by atomic mass is 16.5. The zero-order chi connectivity index (χ0) is 21.8. The van der Waals surface area contributed by atoms with Crippen LogP contribution in [0.15, 0.2) is 71.5 Å². The van der Waals surface area contributed by atoms with Crippen molar-refractivity contribution in [3.63, 3.8) is 0 Å². The van der Waals surface area contributed by atoms with Crippen LogP contribution in [0, 0.1) is 6.92 Å². The molecule has 31 heavy (non-hydrogen) atoms. The van der Waals surface area contributed by atoms with Crippen molar-refractivity contribution in [2.75, 3.05) is 19.0 Å².